The van der Waals surface area contributed by atoms with E-state index in [1.165, 1.54) is 42.7 Å². The largest absolute Gasteiger partial charge is 0.493 e. The second-order valence-electron chi connectivity index (χ2n) is 8.91. The van der Waals surface area contributed by atoms with E-state index in [2.05, 4.69) is 0 Å². The van der Waals surface area contributed by atoms with Gasteiger partial charge in [0.2, 0.25) is 17.3 Å². The van der Waals surface area contributed by atoms with Crippen molar-refractivity contribution < 1.29 is 47.5 Å². The van der Waals surface area contributed by atoms with E-state index in [1.54, 1.807) is 42.5 Å². The molecule has 40 heavy (non-hydrogen) atoms. The summed E-state index contributed by atoms with van der Waals surface area (Å²) in [6.07, 6.45) is 1.60. The van der Waals surface area contributed by atoms with Crippen LogP contribution in [0.2, 0.25) is 0 Å². The second-order valence-corrected chi connectivity index (χ2v) is 8.91. The van der Waals surface area contributed by atoms with Crippen LogP contribution in [0.5, 0.6) is 46.0 Å². The summed E-state index contributed by atoms with van der Waals surface area (Å²) in [5.74, 6) is 1.98. The number of hydrogen-bond acceptors (Lipinski definition) is 10. The van der Waals surface area contributed by atoms with Gasteiger partial charge in [0.15, 0.2) is 28.8 Å². The predicted molar refractivity (Wildman–Crippen MR) is 144 cm³/mol. The molecule has 10 heteroatoms. The number of ether oxygens (including phenoxy) is 8. The SMILES string of the molecule is COc1cc(C=C2Oc3c(ccc4c3C(c3ccc(OC)c(OC)c3OC)CC(=O)O4)C2=O)cc(OC)c1OC. The fourth-order valence-corrected chi connectivity index (χ4v) is 5.11. The molecule has 0 fully saturated rings. The Kier molecular flexibility index (Phi) is 7.17. The molecule has 0 saturated heterocycles. The van der Waals surface area contributed by atoms with Gasteiger partial charge in [-0.1, -0.05) is 6.07 Å². The summed E-state index contributed by atoms with van der Waals surface area (Å²) in [5, 5.41) is 0. The molecule has 0 aliphatic carbocycles. The Hall–Kier alpha value is -4.86. The molecule has 5 rings (SSSR count). The summed E-state index contributed by atoms with van der Waals surface area (Å²) in [7, 11) is 9.08. The van der Waals surface area contributed by atoms with Crippen LogP contribution in [0.1, 0.15) is 39.4 Å². The van der Waals surface area contributed by atoms with Crippen LogP contribution in [0.15, 0.2) is 42.2 Å². The van der Waals surface area contributed by atoms with Crippen LogP contribution in [0.25, 0.3) is 6.08 Å². The number of hydrogen-bond donors (Lipinski definition) is 0. The van der Waals surface area contributed by atoms with E-state index >= 15 is 0 Å². The maximum absolute atomic E-state index is 13.5. The van der Waals surface area contributed by atoms with Gasteiger partial charge in [-0.25, -0.2) is 0 Å². The van der Waals surface area contributed by atoms with Crippen molar-refractivity contribution in [2.45, 2.75) is 12.3 Å². The van der Waals surface area contributed by atoms with Gasteiger partial charge >= 0.3 is 5.97 Å². The van der Waals surface area contributed by atoms with Gasteiger partial charge in [0, 0.05) is 17.0 Å². The second kappa shape index (κ2) is 10.7. The Morgan fingerprint density at radius 1 is 0.725 bits per heavy atom. The average molecular weight is 549 g/mol. The van der Waals surface area contributed by atoms with Crippen molar-refractivity contribution >= 4 is 17.8 Å². The maximum Gasteiger partial charge on any atom is 0.312 e. The quantitative estimate of drug-likeness (QED) is 0.221. The highest BCUT2D eigenvalue weighted by Gasteiger charge is 2.40. The number of methoxy groups -OCH3 is 6. The Morgan fingerprint density at radius 2 is 1.38 bits per heavy atom. The van der Waals surface area contributed by atoms with Gasteiger partial charge in [-0.2, -0.15) is 0 Å². The van der Waals surface area contributed by atoms with Crippen LogP contribution < -0.4 is 37.9 Å². The number of fused-ring (bicyclic) bond motifs is 3. The molecule has 0 spiro atoms. The predicted octanol–water partition coefficient (Wildman–Crippen LogP) is 4.80. The van der Waals surface area contributed by atoms with Crippen LogP contribution in [0.3, 0.4) is 0 Å². The van der Waals surface area contributed by atoms with E-state index < -0.39 is 11.9 Å². The minimum atomic E-state index is -0.547. The van der Waals surface area contributed by atoms with Crippen molar-refractivity contribution in [1.82, 2.24) is 0 Å². The molecule has 2 heterocycles. The Bertz CT molecular complexity index is 1510. The fraction of sp³-hybridized carbons (Fsp3) is 0.267. The lowest BCUT2D eigenvalue weighted by atomic mass is 9.84. The molecule has 0 N–H and O–H groups in total. The molecule has 0 bridgehead atoms. The molecule has 208 valence electrons. The monoisotopic (exact) mass is 548 g/mol. The third kappa shape index (κ3) is 4.31. The Morgan fingerprint density at radius 3 is 1.98 bits per heavy atom. The third-order valence-electron chi connectivity index (χ3n) is 6.87. The minimum Gasteiger partial charge on any atom is -0.493 e. The number of esters is 1. The molecule has 1 unspecified atom stereocenters. The highest BCUT2D eigenvalue weighted by atomic mass is 16.5. The standard InChI is InChI=1S/C30H28O10/c1-33-20-10-7-16(28(36-4)30(20)38-6)18-14-24(31)39-19-9-8-17-26(32)21(40-27(17)25(18)19)11-15-12-22(34-2)29(37-5)23(13-15)35-3/h7-13,18H,14H2,1-6H3. The van der Waals surface area contributed by atoms with Gasteiger partial charge in [0.25, 0.3) is 0 Å². The zero-order chi connectivity index (χ0) is 28.6. The summed E-state index contributed by atoms with van der Waals surface area (Å²) in [6, 6.07) is 10.2. The summed E-state index contributed by atoms with van der Waals surface area (Å²) in [6.45, 7) is 0. The van der Waals surface area contributed by atoms with Gasteiger partial charge in [-0.3, -0.25) is 9.59 Å². The molecule has 0 amide bonds. The summed E-state index contributed by atoms with van der Waals surface area (Å²) in [5.41, 5.74) is 2.16. The maximum atomic E-state index is 13.5. The van der Waals surface area contributed by atoms with Gasteiger partial charge in [-0.15, -0.1) is 0 Å². The first-order valence-electron chi connectivity index (χ1n) is 12.3. The molecular weight excluding hydrogens is 520 g/mol. The summed E-state index contributed by atoms with van der Waals surface area (Å²) >= 11 is 0. The average Bonchev–Trinajstić information content (AvgIpc) is 3.29. The van der Waals surface area contributed by atoms with E-state index in [1.807, 2.05) is 0 Å². The Labute approximate surface area is 230 Å². The lowest BCUT2D eigenvalue weighted by Crippen LogP contribution is -2.22. The molecule has 10 nitrogen and oxygen atoms in total. The highest BCUT2D eigenvalue weighted by Crippen LogP contribution is 2.53. The normalized spacial score (nSPS) is 16.4. The van der Waals surface area contributed by atoms with Crippen LogP contribution in [0, 0.1) is 0 Å². The molecule has 1 atom stereocenters. The zero-order valence-electron chi connectivity index (χ0n) is 22.9. The molecular formula is C30H28O10. The number of allylic oxidation sites excluding steroid dienone is 1. The molecule has 3 aromatic carbocycles. The lowest BCUT2D eigenvalue weighted by Gasteiger charge is -2.28. The number of benzene rings is 3. The summed E-state index contributed by atoms with van der Waals surface area (Å²) in [4.78, 5) is 26.1. The van der Waals surface area contributed by atoms with Crippen LogP contribution >= 0.6 is 0 Å². The molecule has 3 aromatic rings. The van der Waals surface area contributed by atoms with Gasteiger partial charge in [-0.05, 0) is 42.0 Å². The van der Waals surface area contributed by atoms with Crippen LogP contribution in [0.4, 0.5) is 0 Å². The van der Waals surface area contributed by atoms with Crippen molar-refractivity contribution in [1.29, 1.82) is 0 Å². The van der Waals surface area contributed by atoms with E-state index in [0.29, 0.717) is 68.2 Å². The Balaban J connectivity index is 1.63. The summed E-state index contributed by atoms with van der Waals surface area (Å²) < 4.78 is 44.7. The number of Topliss-reactive ketones (excluding diaryl/α,β-unsaturated/α-hetero) is 1. The number of ketones is 1. The van der Waals surface area contributed by atoms with Gasteiger partial charge in [0.1, 0.15) is 11.5 Å². The molecule has 0 aromatic heterocycles. The third-order valence-corrected chi connectivity index (χ3v) is 6.87. The molecule has 0 saturated carbocycles. The molecule has 2 aliphatic rings. The fourth-order valence-electron chi connectivity index (χ4n) is 5.11. The van der Waals surface area contributed by atoms with Gasteiger partial charge in [0.05, 0.1) is 54.6 Å². The lowest BCUT2D eigenvalue weighted by molar-refractivity contribution is -0.135. The van der Waals surface area contributed by atoms with Gasteiger partial charge < -0.3 is 37.9 Å². The topological polar surface area (TPSA) is 108 Å². The number of carbonyl (C=O) groups is 2. The van der Waals surface area contributed by atoms with E-state index in [0.717, 1.165) is 0 Å². The van der Waals surface area contributed by atoms with E-state index in [4.69, 9.17) is 37.9 Å². The number of rotatable bonds is 8. The van der Waals surface area contributed by atoms with E-state index in [9.17, 15) is 9.59 Å². The van der Waals surface area contributed by atoms with Crippen LogP contribution in [-0.2, 0) is 4.79 Å². The van der Waals surface area contributed by atoms with Crippen molar-refractivity contribution in [3.8, 4) is 46.0 Å². The zero-order valence-corrected chi connectivity index (χ0v) is 22.9. The first-order chi connectivity index (χ1) is 19.4. The first kappa shape index (κ1) is 26.7. The minimum absolute atomic E-state index is 0.00122. The molecule has 2 aliphatic heterocycles. The smallest absolute Gasteiger partial charge is 0.312 e. The van der Waals surface area contributed by atoms with Crippen LogP contribution in [-0.4, -0.2) is 54.4 Å². The highest BCUT2D eigenvalue weighted by molar-refractivity contribution is 6.15. The van der Waals surface area contributed by atoms with Crippen molar-refractivity contribution in [3.05, 3.63) is 64.4 Å². The molecule has 0 radical (unpaired) electrons. The van der Waals surface area contributed by atoms with Crippen molar-refractivity contribution in [3.63, 3.8) is 0 Å². The van der Waals surface area contributed by atoms with Crippen molar-refractivity contribution in [2.24, 2.45) is 0 Å². The first-order valence-corrected chi connectivity index (χ1v) is 12.3. The number of carbonyl (C=O) groups excluding carboxylic acids is 2. The van der Waals surface area contributed by atoms with E-state index in [-0.39, 0.29) is 18.0 Å². The van der Waals surface area contributed by atoms with Crippen molar-refractivity contribution in [2.75, 3.05) is 42.7 Å².